The van der Waals surface area contributed by atoms with Crippen molar-refractivity contribution in [2.45, 2.75) is 0 Å². The maximum Gasteiger partial charge on any atom is 0.325 e. The molecule has 0 saturated carbocycles. The maximum atomic E-state index is 12.1. The standard InChI is InChI=1S/C19H19N7OS/c1-24-6-8-25(9-7-24)17-5-3-14(12-22-17)26(18(21)27)19-23-15-4-2-13(11-20)10-16(15)28-19/h2-5,10,12H,6-9H2,1H3,(H2,21,27). The lowest BCUT2D eigenvalue weighted by molar-refractivity contribution is 0.256. The van der Waals surface area contributed by atoms with Gasteiger partial charge in [0.15, 0.2) is 5.13 Å². The highest BCUT2D eigenvalue weighted by atomic mass is 32.1. The van der Waals surface area contributed by atoms with Gasteiger partial charge in [-0.3, -0.25) is 0 Å². The molecule has 0 aliphatic carbocycles. The number of carbonyl (C=O) groups is 1. The molecule has 0 unspecified atom stereocenters. The molecule has 9 heteroatoms. The molecule has 1 aromatic carbocycles. The number of nitriles is 1. The summed E-state index contributed by atoms with van der Waals surface area (Å²) in [6.07, 6.45) is 1.64. The van der Waals surface area contributed by atoms with E-state index in [0.29, 0.717) is 21.9 Å². The SMILES string of the molecule is CN1CCN(c2ccc(N(C(N)=O)c3nc4ccc(C#N)cc4s3)cn2)CC1. The molecule has 3 heterocycles. The first kappa shape index (κ1) is 18.2. The number of amides is 2. The molecule has 2 amide bonds. The van der Waals surface area contributed by atoms with E-state index in [0.717, 1.165) is 36.7 Å². The molecule has 2 aromatic heterocycles. The van der Waals surface area contributed by atoms with Gasteiger partial charge < -0.3 is 15.5 Å². The maximum absolute atomic E-state index is 12.1. The summed E-state index contributed by atoms with van der Waals surface area (Å²) in [5.41, 5.74) is 7.46. The van der Waals surface area contributed by atoms with Crippen LogP contribution in [-0.4, -0.2) is 54.1 Å². The Morgan fingerprint density at radius 3 is 2.68 bits per heavy atom. The second kappa shape index (κ2) is 7.42. The van der Waals surface area contributed by atoms with Crippen molar-refractivity contribution in [2.75, 3.05) is 43.0 Å². The van der Waals surface area contributed by atoms with E-state index in [2.05, 4.69) is 32.9 Å². The first-order valence-corrected chi connectivity index (χ1v) is 9.66. The quantitative estimate of drug-likeness (QED) is 0.734. The molecule has 1 aliphatic rings. The summed E-state index contributed by atoms with van der Waals surface area (Å²) in [6.45, 7) is 3.82. The Hall–Kier alpha value is -3.22. The van der Waals surface area contributed by atoms with Gasteiger partial charge in [-0.05, 0) is 37.4 Å². The zero-order chi connectivity index (χ0) is 19.7. The number of primary amides is 1. The van der Waals surface area contributed by atoms with Crippen LogP contribution in [0.1, 0.15) is 5.56 Å². The van der Waals surface area contributed by atoms with Crippen molar-refractivity contribution in [2.24, 2.45) is 5.73 Å². The zero-order valence-electron chi connectivity index (χ0n) is 15.4. The van der Waals surface area contributed by atoms with Crippen LogP contribution in [0.4, 0.5) is 21.4 Å². The van der Waals surface area contributed by atoms with Gasteiger partial charge in [0, 0.05) is 26.2 Å². The van der Waals surface area contributed by atoms with E-state index in [-0.39, 0.29) is 0 Å². The lowest BCUT2D eigenvalue weighted by Crippen LogP contribution is -2.44. The first-order chi connectivity index (χ1) is 13.5. The van der Waals surface area contributed by atoms with Crippen LogP contribution in [0.2, 0.25) is 0 Å². The number of urea groups is 1. The number of fused-ring (bicyclic) bond motifs is 1. The summed E-state index contributed by atoms with van der Waals surface area (Å²) < 4.78 is 0.822. The van der Waals surface area contributed by atoms with E-state index in [4.69, 9.17) is 11.0 Å². The molecule has 28 heavy (non-hydrogen) atoms. The zero-order valence-corrected chi connectivity index (χ0v) is 16.2. The molecule has 0 spiro atoms. The van der Waals surface area contributed by atoms with Crippen LogP contribution < -0.4 is 15.5 Å². The number of piperazine rings is 1. The number of hydrogen-bond donors (Lipinski definition) is 1. The lowest BCUT2D eigenvalue weighted by Gasteiger charge is -2.33. The Morgan fingerprint density at radius 2 is 2.04 bits per heavy atom. The highest BCUT2D eigenvalue weighted by molar-refractivity contribution is 7.22. The fraction of sp³-hybridized carbons (Fsp3) is 0.263. The molecule has 1 saturated heterocycles. The van der Waals surface area contributed by atoms with Crippen molar-refractivity contribution < 1.29 is 4.79 Å². The van der Waals surface area contributed by atoms with Crippen molar-refractivity contribution >= 4 is 44.2 Å². The van der Waals surface area contributed by atoms with E-state index in [1.165, 1.54) is 16.2 Å². The molecule has 0 radical (unpaired) electrons. The van der Waals surface area contributed by atoms with E-state index >= 15 is 0 Å². The monoisotopic (exact) mass is 393 g/mol. The summed E-state index contributed by atoms with van der Waals surface area (Å²) in [5.74, 6) is 0.879. The molecule has 0 bridgehead atoms. The van der Waals surface area contributed by atoms with Gasteiger partial charge in [-0.15, -0.1) is 0 Å². The fourth-order valence-corrected chi connectivity index (χ4v) is 4.17. The Kier molecular flexibility index (Phi) is 4.81. The largest absolute Gasteiger partial charge is 0.354 e. The van der Waals surface area contributed by atoms with Gasteiger partial charge in [0.1, 0.15) is 5.82 Å². The van der Waals surface area contributed by atoms with Crippen LogP contribution in [0.25, 0.3) is 10.2 Å². The van der Waals surface area contributed by atoms with Crippen molar-refractivity contribution in [1.82, 2.24) is 14.9 Å². The Balaban J connectivity index is 1.63. The van der Waals surface area contributed by atoms with Crippen molar-refractivity contribution in [3.63, 3.8) is 0 Å². The van der Waals surface area contributed by atoms with Crippen molar-refractivity contribution in [1.29, 1.82) is 5.26 Å². The van der Waals surface area contributed by atoms with E-state index in [1.807, 2.05) is 12.1 Å². The predicted octanol–water partition coefficient (Wildman–Crippen LogP) is 2.53. The van der Waals surface area contributed by atoms with Gasteiger partial charge >= 0.3 is 6.03 Å². The highest BCUT2D eigenvalue weighted by Gasteiger charge is 2.21. The highest BCUT2D eigenvalue weighted by Crippen LogP contribution is 2.34. The number of hydrogen-bond acceptors (Lipinski definition) is 7. The number of rotatable bonds is 3. The lowest BCUT2D eigenvalue weighted by atomic mass is 10.2. The molecular formula is C19H19N7OS. The van der Waals surface area contributed by atoms with Crippen molar-refractivity contribution in [3.05, 3.63) is 42.1 Å². The van der Waals surface area contributed by atoms with E-state index < -0.39 is 6.03 Å². The Bertz CT molecular complexity index is 1050. The second-order valence-electron chi connectivity index (χ2n) is 6.63. The number of pyridine rings is 1. The third-order valence-corrected chi connectivity index (χ3v) is 5.74. The summed E-state index contributed by atoms with van der Waals surface area (Å²) in [6, 6.07) is 10.4. The number of aromatic nitrogens is 2. The Morgan fingerprint density at radius 1 is 1.25 bits per heavy atom. The molecule has 1 fully saturated rings. The van der Waals surface area contributed by atoms with Gasteiger partial charge in [-0.2, -0.15) is 5.26 Å². The van der Waals surface area contributed by atoms with Gasteiger partial charge in [-0.1, -0.05) is 11.3 Å². The van der Waals surface area contributed by atoms with E-state index in [9.17, 15) is 4.79 Å². The average Bonchev–Trinajstić information content (AvgIpc) is 3.11. The third kappa shape index (κ3) is 3.47. The normalized spacial score (nSPS) is 14.8. The van der Waals surface area contributed by atoms with Crippen LogP contribution in [0.15, 0.2) is 36.5 Å². The number of benzene rings is 1. The molecular weight excluding hydrogens is 374 g/mol. The molecule has 0 atom stereocenters. The third-order valence-electron chi connectivity index (χ3n) is 4.74. The second-order valence-corrected chi connectivity index (χ2v) is 7.64. The summed E-state index contributed by atoms with van der Waals surface area (Å²) in [5, 5.41) is 9.51. The van der Waals surface area contributed by atoms with Crippen molar-refractivity contribution in [3.8, 4) is 6.07 Å². The van der Waals surface area contributed by atoms with Gasteiger partial charge in [0.25, 0.3) is 0 Å². The van der Waals surface area contributed by atoms with Crippen LogP contribution in [-0.2, 0) is 0 Å². The van der Waals surface area contributed by atoms with E-state index in [1.54, 1.807) is 24.4 Å². The fourth-order valence-electron chi connectivity index (χ4n) is 3.14. The summed E-state index contributed by atoms with van der Waals surface area (Å²) >= 11 is 1.31. The molecule has 2 N–H and O–H groups in total. The molecule has 3 aromatic rings. The number of nitrogens with two attached hydrogens (primary N) is 1. The predicted molar refractivity (Wildman–Crippen MR) is 110 cm³/mol. The molecule has 8 nitrogen and oxygen atoms in total. The van der Waals surface area contributed by atoms with Gasteiger partial charge in [0.05, 0.1) is 33.7 Å². The van der Waals surface area contributed by atoms with Crippen LogP contribution >= 0.6 is 11.3 Å². The Labute approximate surface area is 166 Å². The van der Waals surface area contributed by atoms with Crippen LogP contribution in [0.5, 0.6) is 0 Å². The summed E-state index contributed by atoms with van der Waals surface area (Å²) in [4.78, 5) is 27.0. The van der Waals surface area contributed by atoms with Crippen LogP contribution in [0, 0.1) is 11.3 Å². The average molecular weight is 393 g/mol. The van der Waals surface area contributed by atoms with Crippen LogP contribution in [0.3, 0.4) is 0 Å². The number of carbonyl (C=O) groups excluding carboxylic acids is 1. The first-order valence-electron chi connectivity index (χ1n) is 8.85. The molecule has 142 valence electrons. The minimum Gasteiger partial charge on any atom is -0.354 e. The number of anilines is 3. The number of thiazole rings is 1. The summed E-state index contributed by atoms with van der Waals surface area (Å²) in [7, 11) is 2.11. The van der Waals surface area contributed by atoms with Gasteiger partial charge in [-0.25, -0.2) is 19.7 Å². The minimum absolute atomic E-state index is 0.451. The smallest absolute Gasteiger partial charge is 0.325 e. The topological polar surface area (TPSA) is 102 Å². The number of likely N-dealkylation sites (N-methyl/N-ethyl adjacent to an activating group) is 1. The number of nitrogens with zero attached hydrogens (tertiary/aromatic N) is 6. The van der Waals surface area contributed by atoms with Gasteiger partial charge in [0.2, 0.25) is 0 Å². The minimum atomic E-state index is -0.631. The molecule has 4 rings (SSSR count). The molecule has 1 aliphatic heterocycles.